The molecule has 10 aromatic carbocycles. The molecule has 2 aromatic heterocycles. The normalized spacial score (nSPS) is 11.5. The lowest BCUT2D eigenvalue weighted by molar-refractivity contribution is 0.670. The Hall–Kier alpha value is -8.40. The Morgan fingerprint density at radius 2 is 0.746 bits per heavy atom. The van der Waals surface area contributed by atoms with Crippen LogP contribution in [0.25, 0.3) is 93.9 Å². The van der Waals surface area contributed by atoms with Crippen molar-refractivity contribution in [3.05, 3.63) is 243 Å². The first kappa shape index (κ1) is 36.5. The molecule has 0 aliphatic rings. The Labute approximate surface area is 366 Å². The van der Waals surface area contributed by atoms with Gasteiger partial charge in [0.05, 0.1) is 11.0 Å². The topological polar surface area (TPSA) is 21.3 Å². The molecule has 0 N–H and O–H groups in total. The van der Waals surface area contributed by atoms with Crippen LogP contribution in [0.15, 0.2) is 247 Å². The third kappa shape index (κ3) is 6.46. The second kappa shape index (κ2) is 15.3. The van der Waals surface area contributed by atoms with Gasteiger partial charge in [0, 0.05) is 49.9 Å². The Morgan fingerprint density at radius 3 is 1.35 bits per heavy atom. The SMILES string of the molecule is c1ccc(-c2ccc(N(c3ccc(-c4cccc(-n5c6ccccc6c6ccccc65)c4)cc3)c3ccc(-c4ccc5oc6c(-c7ccccc7)cccc6c5c4)cc3)cc2)cc1. The van der Waals surface area contributed by atoms with Crippen molar-refractivity contribution >= 4 is 60.8 Å². The lowest BCUT2D eigenvalue weighted by Crippen LogP contribution is -2.09. The van der Waals surface area contributed by atoms with E-state index in [2.05, 4.69) is 246 Å². The Kier molecular flexibility index (Phi) is 8.83. The molecular weight excluding hydrogens is 765 g/mol. The van der Waals surface area contributed by atoms with Crippen LogP contribution in [0.1, 0.15) is 0 Å². The van der Waals surface area contributed by atoms with Crippen LogP contribution >= 0.6 is 0 Å². The summed E-state index contributed by atoms with van der Waals surface area (Å²) in [4.78, 5) is 2.34. The zero-order valence-electron chi connectivity index (χ0n) is 34.4. The van der Waals surface area contributed by atoms with E-state index in [0.29, 0.717) is 0 Å². The molecule has 0 fully saturated rings. The number of aromatic nitrogens is 1. The summed E-state index contributed by atoms with van der Waals surface area (Å²) in [7, 11) is 0. The van der Waals surface area contributed by atoms with Gasteiger partial charge in [-0.25, -0.2) is 0 Å². The standard InChI is InChI=1S/C60H40N2O/c1-3-13-41(14-4-1)42-25-32-48(33-26-42)61(49-34-27-43(28-35-49)46-17-11-18-51(39-46)62-57-23-9-7-19-53(57)54-20-8-10-24-58(54)62)50-36-29-44(30-37-50)47-31-38-59-56(40-47)55-22-12-21-52(60(55)63-59)45-15-5-2-6-16-45/h1-40H. The van der Waals surface area contributed by atoms with Crippen molar-refractivity contribution in [3.63, 3.8) is 0 Å². The summed E-state index contributed by atoms with van der Waals surface area (Å²) >= 11 is 0. The van der Waals surface area contributed by atoms with Crippen molar-refractivity contribution in [2.75, 3.05) is 4.90 Å². The van der Waals surface area contributed by atoms with Crippen LogP contribution in [0.3, 0.4) is 0 Å². The zero-order chi connectivity index (χ0) is 41.7. The molecule has 3 nitrogen and oxygen atoms in total. The molecule has 0 atom stereocenters. The molecule has 12 aromatic rings. The number of hydrogen-bond donors (Lipinski definition) is 0. The van der Waals surface area contributed by atoms with Gasteiger partial charge in [-0.1, -0.05) is 170 Å². The van der Waals surface area contributed by atoms with Crippen molar-refractivity contribution in [1.29, 1.82) is 0 Å². The highest BCUT2D eigenvalue weighted by Crippen LogP contribution is 2.41. The predicted octanol–water partition coefficient (Wildman–Crippen LogP) is 16.8. The molecule has 0 saturated heterocycles. The summed E-state index contributed by atoms with van der Waals surface area (Å²) < 4.78 is 8.88. The highest BCUT2D eigenvalue weighted by atomic mass is 16.3. The average molecular weight is 805 g/mol. The first-order valence-electron chi connectivity index (χ1n) is 21.5. The van der Waals surface area contributed by atoms with Gasteiger partial charge in [-0.05, 0) is 112 Å². The van der Waals surface area contributed by atoms with Gasteiger partial charge in [0.15, 0.2) is 0 Å². The van der Waals surface area contributed by atoms with Gasteiger partial charge in [0.1, 0.15) is 11.2 Å². The molecule has 12 rings (SSSR count). The summed E-state index contributed by atoms with van der Waals surface area (Å²) in [6.45, 7) is 0. The van der Waals surface area contributed by atoms with Crippen LogP contribution < -0.4 is 4.90 Å². The van der Waals surface area contributed by atoms with Crippen LogP contribution in [0.2, 0.25) is 0 Å². The monoisotopic (exact) mass is 804 g/mol. The third-order valence-electron chi connectivity index (χ3n) is 12.4. The van der Waals surface area contributed by atoms with Gasteiger partial charge in [0.25, 0.3) is 0 Å². The summed E-state index contributed by atoms with van der Waals surface area (Å²) in [5, 5.41) is 4.76. The molecule has 0 amide bonds. The lowest BCUT2D eigenvalue weighted by atomic mass is 10.00. The molecule has 296 valence electrons. The van der Waals surface area contributed by atoms with E-state index in [-0.39, 0.29) is 0 Å². The Balaban J connectivity index is 0.902. The quantitative estimate of drug-likeness (QED) is 0.153. The molecular formula is C60H40N2O. The number of nitrogens with zero attached hydrogens (tertiary/aromatic N) is 2. The number of para-hydroxylation sites is 3. The summed E-state index contributed by atoms with van der Waals surface area (Å²) in [5.41, 5.74) is 17.9. The second-order valence-corrected chi connectivity index (χ2v) is 16.1. The smallest absolute Gasteiger partial charge is 0.143 e. The van der Waals surface area contributed by atoms with Gasteiger partial charge in [-0.2, -0.15) is 0 Å². The van der Waals surface area contributed by atoms with Crippen LogP contribution in [0.5, 0.6) is 0 Å². The number of fused-ring (bicyclic) bond motifs is 6. The first-order chi connectivity index (χ1) is 31.2. The van der Waals surface area contributed by atoms with E-state index in [1.165, 1.54) is 38.5 Å². The Bertz CT molecular complexity index is 3530. The number of benzene rings is 10. The fourth-order valence-corrected chi connectivity index (χ4v) is 9.34. The van der Waals surface area contributed by atoms with Crippen molar-refractivity contribution in [3.8, 4) is 50.2 Å². The largest absolute Gasteiger partial charge is 0.455 e. The highest BCUT2D eigenvalue weighted by Gasteiger charge is 2.17. The van der Waals surface area contributed by atoms with Crippen molar-refractivity contribution in [2.24, 2.45) is 0 Å². The van der Waals surface area contributed by atoms with Crippen LogP contribution in [-0.4, -0.2) is 4.57 Å². The van der Waals surface area contributed by atoms with E-state index in [1.807, 2.05) is 6.07 Å². The minimum atomic E-state index is 0.890. The lowest BCUT2D eigenvalue weighted by Gasteiger charge is -2.26. The summed E-state index contributed by atoms with van der Waals surface area (Å²) in [5.74, 6) is 0. The van der Waals surface area contributed by atoms with Crippen molar-refractivity contribution < 1.29 is 4.42 Å². The van der Waals surface area contributed by atoms with Crippen LogP contribution in [-0.2, 0) is 0 Å². The van der Waals surface area contributed by atoms with E-state index in [1.54, 1.807) is 0 Å². The maximum atomic E-state index is 6.50. The second-order valence-electron chi connectivity index (χ2n) is 16.1. The summed E-state index contributed by atoms with van der Waals surface area (Å²) in [6, 6.07) is 87.0. The van der Waals surface area contributed by atoms with Crippen molar-refractivity contribution in [2.45, 2.75) is 0 Å². The van der Waals surface area contributed by atoms with Gasteiger partial charge in [-0.3, -0.25) is 0 Å². The van der Waals surface area contributed by atoms with Gasteiger partial charge in [-0.15, -0.1) is 0 Å². The van der Waals surface area contributed by atoms with Gasteiger partial charge >= 0.3 is 0 Å². The number of anilines is 3. The van der Waals surface area contributed by atoms with Gasteiger partial charge < -0.3 is 13.9 Å². The van der Waals surface area contributed by atoms with E-state index < -0.39 is 0 Å². The number of rotatable bonds is 8. The Morgan fingerprint density at radius 1 is 0.302 bits per heavy atom. The highest BCUT2D eigenvalue weighted by molar-refractivity contribution is 6.11. The number of furan rings is 1. The molecule has 0 unspecified atom stereocenters. The average Bonchev–Trinajstić information content (AvgIpc) is 3.91. The van der Waals surface area contributed by atoms with E-state index in [9.17, 15) is 0 Å². The summed E-state index contributed by atoms with van der Waals surface area (Å²) in [6.07, 6.45) is 0. The first-order valence-corrected chi connectivity index (χ1v) is 21.5. The van der Waals surface area contributed by atoms with Crippen LogP contribution in [0, 0.1) is 0 Å². The van der Waals surface area contributed by atoms with E-state index in [0.717, 1.165) is 72.5 Å². The fraction of sp³-hybridized carbons (Fsp3) is 0. The maximum absolute atomic E-state index is 6.50. The zero-order valence-corrected chi connectivity index (χ0v) is 34.4. The molecule has 0 saturated carbocycles. The van der Waals surface area contributed by atoms with E-state index in [4.69, 9.17) is 4.42 Å². The molecule has 0 radical (unpaired) electrons. The maximum Gasteiger partial charge on any atom is 0.143 e. The minimum Gasteiger partial charge on any atom is -0.455 e. The third-order valence-corrected chi connectivity index (χ3v) is 12.4. The van der Waals surface area contributed by atoms with Crippen molar-refractivity contribution in [1.82, 2.24) is 4.57 Å². The molecule has 0 aliphatic carbocycles. The molecule has 0 bridgehead atoms. The number of hydrogen-bond acceptors (Lipinski definition) is 2. The molecule has 0 spiro atoms. The van der Waals surface area contributed by atoms with E-state index >= 15 is 0 Å². The molecule has 0 aliphatic heterocycles. The molecule has 63 heavy (non-hydrogen) atoms. The predicted molar refractivity (Wildman–Crippen MR) is 264 cm³/mol. The minimum absolute atomic E-state index is 0.890. The van der Waals surface area contributed by atoms with Gasteiger partial charge in [0.2, 0.25) is 0 Å². The van der Waals surface area contributed by atoms with Crippen LogP contribution in [0.4, 0.5) is 17.1 Å². The molecule has 2 heterocycles. The molecule has 3 heteroatoms. The fourth-order valence-electron chi connectivity index (χ4n) is 9.34.